The predicted molar refractivity (Wildman–Crippen MR) is 46.8 cm³/mol. The average molecular weight is 169 g/mol. The second kappa shape index (κ2) is 5.14. The van der Waals surface area contributed by atoms with Gasteiger partial charge in [-0.3, -0.25) is 4.79 Å². The van der Waals surface area contributed by atoms with Crippen LogP contribution in [0.2, 0.25) is 0 Å². The van der Waals surface area contributed by atoms with E-state index in [2.05, 4.69) is 0 Å². The van der Waals surface area contributed by atoms with Crippen molar-refractivity contribution in [2.75, 3.05) is 0 Å². The maximum absolute atomic E-state index is 10.5. The predicted octanol–water partition coefficient (Wildman–Crippen LogP) is 0.186. The Balaban J connectivity index is 0. The van der Waals surface area contributed by atoms with Gasteiger partial charge in [0.2, 0.25) is 0 Å². The van der Waals surface area contributed by atoms with Crippen molar-refractivity contribution in [2.24, 2.45) is 11.1 Å². The average Bonchev–Trinajstić information content (AvgIpc) is 1.86. The molecule has 0 aliphatic rings. The van der Waals surface area contributed by atoms with Crippen LogP contribution in [0, 0.1) is 5.41 Å². The van der Waals surface area contributed by atoms with Gasteiger partial charge in [0, 0.05) is 6.04 Å². The summed E-state index contributed by atoms with van der Waals surface area (Å²) in [7, 11) is 0. The van der Waals surface area contributed by atoms with Crippen molar-refractivity contribution >= 4 is 35.5 Å². The molecule has 0 saturated heterocycles. The van der Waals surface area contributed by atoms with Crippen LogP contribution in [0.4, 0.5) is 0 Å². The Labute approximate surface area is 89.6 Å². The first-order chi connectivity index (χ1) is 4.42. The zero-order chi connectivity index (χ0) is 8.36. The van der Waals surface area contributed by atoms with E-state index < -0.39 is 11.4 Å². The van der Waals surface area contributed by atoms with Crippen molar-refractivity contribution in [3.8, 4) is 0 Å². The number of carboxylic acids is 1. The molecule has 0 rings (SSSR count). The summed E-state index contributed by atoms with van der Waals surface area (Å²) in [4.78, 5) is 10.5. The third-order valence-corrected chi connectivity index (χ3v) is 1.92. The van der Waals surface area contributed by atoms with Crippen LogP contribution < -0.4 is 5.73 Å². The zero-order valence-corrected chi connectivity index (χ0v) is 6.72. The summed E-state index contributed by atoms with van der Waals surface area (Å²) in [5.74, 6) is -0.832. The molecule has 1 atom stereocenters. The topological polar surface area (TPSA) is 63.3 Å². The van der Waals surface area contributed by atoms with Gasteiger partial charge in [-0.2, -0.15) is 0 Å². The third-order valence-electron chi connectivity index (χ3n) is 1.92. The summed E-state index contributed by atoms with van der Waals surface area (Å²) in [6, 6.07) is -0.259. The van der Waals surface area contributed by atoms with Crippen LogP contribution in [0.25, 0.3) is 0 Å². The van der Waals surface area contributed by atoms with Crippen molar-refractivity contribution in [2.45, 2.75) is 33.2 Å². The van der Waals surface area contributed by atoms with E-state index in [4.69, 9.17) is 10.8 Å². The minimum atomic E-state index is -0.832. The minimum absolute atomic E-state index is 0. The van der Waals surface area contributed by atoms with Crippen LogP contribution in [-0.4, -0.2) is 46.7 Å². The van der Waals surface area contributed by atoms with Crippen LogP contribution in [0.3, 0.4) is 0 Å². The third kappa shape index (κ3) is 3.56. The molecule has 0 aromatic heterocycles. The van der Waals surface area contributed by atoms with E-state index in [1.165, 1.54) is 0 Å². The van der Waals surface area contributed by atoms with E-state index in [9.17, 15) is 4.79 Å². The van der Waals surface area contributed by atoms with E-state index in [1.807, 2.05) is 6.92 Å². The van der Waals surface area contributed by atoms with Gasteiger partial charge in [0.25, 0.3) is 0 Å². The van der Waals surface area contributed by atoms with Gasteiger partial charge in [-0.05, 0) is 20.3 Å². The monoisotopic (exact) mass is 169 g/mol. The number of hydrogen-bond donors (Lipinski definition) is 2. The Kier molecular flexibility index (Phi) is 6.54. The van der Waals surface area contributed by atoms with Gasteiger partial charge in [0.1, 0.15) is 0 Å². The van der Waals surface area contributed by atoms with Gasteiger partial charge < -0.3 is 10.8 Å². The van der Waals surface area contributed by atoms with Gasteiger partial charge in [-0.25, -0.2) is 0 Å². The fourth-order valence-corrected chi connectivity index (χ4v) is 0.669. The molecule has 0 amide bonds. The first kappa shape index (κ1) is 14.0. The Morgan fingerprint density at radius 3 is 2.09 bits per heavy atom. The zero-order valence-electron chi connectivity index (χ0n) is 6.72. The number of rotatable bonds is 3. The van der Waals surface area contributed by atoms with E-state index in [0.717, 1.165) is 0 Å². The molecular formula is C7H16NNaO2. The fraction of sp³-hybridized carbons (Fsp3) is 0.857. The summed E-state index contributed by atoms with van der Waals surface area (Å²) in [5, 5.41) is 8.66. The molecule has 3 nitrogen and oxygen atoms in total. The molecule has 0 aromatic carbocycles. The molecule has 0 fully saturated rings. The molecule has 0 spiro atoms. The molecule has 0 radical (unpaired) electrons. The molecule has 0 saturated carbocycles. The van der Waals surface area contributed by atoms with Crippen molar-refractivity contribution < 1.29 is 9.90 Å². The molecule has 3 N–H and O–H groups in total. The summed E-state index contributed by atoms with van der Waals surface area (Å²) in [5.41, 5.74) is 4.77. The first-order valence-electron chi connectivity index (χ1n) is 3.42. The summed E-state index contributed by atoms with van der Waals surface area (Å²) in [6.45, 7) is 5.17. The van der Waals surface area contributed by atoms with Gasteiger partial charge in [0.15, 0.2) is 0 Å². The molecule has 4 heteroatoms. The van der Waals surface area contributed by atoms with Gasteiger partial charge in [0.05, 0.1) is 5.41 Å². The number of nitrogens with two attached hydrogens (primary N) is 1. The van der Waals surface area contributed by atoms with E-state index in [-0.39, 0.29) is 35.6 Å². The molecule has 0 heterocycles. The molecule has 0 aromatic rings. The molecule has 62 valence electrons. The maximum atomic E-state index is 10.5. The standard InChI is InChI=1S/C7H15NO2.Na.H/c1-4-5(8)7(2,3)6(9)10;;/h5H,4,8H2,1-3H3,(H,9,10);;. The number of carboxylic acid groups (broad SMARTS) is 1. The number of carbonyl (C=O) groups is 1. The van der Waals surface area contributed by atoms with Gasteiger partial charge >= 0.3 is 35.5 Å². The Bertz CT molecular complexity index is 136. The van der Waals surface area contributed by atoms with E-state index >= 15 is 0 Å². The van der Waals surface area contributed by atoms with Crippen molar-refractivity contribution in [3.05, 3.63) is 0 Å². The molecule has 1 unspecified atom stereocenters. The van der Waals surface area contributed by atoms with Crippen molar-refractivity contribution in [1.29, 1.82) is 0 Å². The molecular weight excluding hydrogens is 153 g/mol. The van der Waals surface area contributed by atoms with Crippen LogP contribution >= 0.6 is 0 Å². The van der Waals surface area contributed by atoms with Crippen LogP contribution in [0.15, 0.2) is 0 Å². The van der Waals surface area contributed by atoms with E-state index in [1.54, 1.807) is 13.8 Å². The molecule has 0 bridgehead atoms. The quantitative estimate of drug-likeness (QED) is 0.592. The van der Waals surface area contributed by atoms with E-state index in [0.29, 0.717) is 6.42 Å². The van der Waals surface area contributed by atoms with Crippen LogP contribution in [-0.2, 0) is 4.79 Å². The Morgan fingerprint density at radius 1 is 1.64 bits per heavy atom. The SMILES string of the molecule is CCC(N)C(C)(C)C(=O)O.[NaH]. The van der Waals surface area contributed by atoms with Gasteiger partial charge in [-0.1, -0.05) is 6.92 Å². The summed E-state index contributed by atoms with van der Waals surface area (Å²) in [6.07, 6.45) is 0.694. The van der Waals surface area contributed by atoms with Crippen LogP contribution in [0.1, 0.15) is 27.2 Å². The second-order valence-electron chi connectivity index (χ2n) is 3.04. The summed E-state index contributed by atoms with van der Waals surface area (Å²) >= 11 is 0. The Hall–Kier alpha value is 0.430. The Morgan fingerprint density at radius 2 is 2.00 bits per heavy atom. The van der Waals surface area contributed by atoms with Crippen LogP contribution in [0.5, 0.6) is 0 Å². The van der Waals surface area contributed by atoms with Crippen molar-refractivity contribution in [3.63, 3.8) is 0 Å². The fourth-order valence-electron chi connectivity index (χ4n) is 0.669. The number of aliphatic carboxylic acids is 1. The molecule has 0 aliphatic carbocycles. The normalized spacial score (nSPS) is 13.5. The summed E-state index contributed by atoms with van der Waals surface area (Å²) < 4.78 is 0. The van der Waals surface area contributed by atoms with Gasteiger partial charge in [-0.15, -0.1) is 0 Å². The molecule has 11 heavy (non-hydrogen) atoms. The second-order valence-corrected chi connectivity index (χ2v) is 3.04. The first-order valence-corrected chi connectivity index (χ1v) is 3.42. The van der Waals surface area contributed by atoms with Crippen molar-refractivity contribution in [1.82, 2.24) is 0 Å². The number of hydrogen-bond acceptors (Lipinski definition) is 2. The molecule has 0 aliphatic heterocycles.